The molecule has 0 radical (unpaired) electrons. The molecule has 0 bridgehead atoms. The second-order valence-electron chi connectivity index (χ2n) is 4.55. The Morgan fingerprint density at radius 2 is 2.00 bits per heavy atom. The molecule has 3 rings (SSSR count). The van der Waals surface area contributed by atoms with Crippen molar-refractivity contribution in [2.24, 2.45) is 7.05 Å². The van der Waals surface area contributed by atoms with E-state index < -0.39 is 0 Å². The maximum atomic E-state index is 4.13. The van der Waals surface area contributed by atoms with Crippen LogP contribution in [0.1, 0.15) is 18.8 Å². The molecule has 20 heavy (non-hydrogen) atoms. The monoisotopic (exact) mass is 269 g/mol. The van der Waals surface area contributed by atoms with Gasteiger partial charge in [0, 0.05) is 13.2 Å². The molecule has 1 aromatic carbocycles. The van der Waals surface area contributed by atoms with Crippen molar-refractivity contribution < 1.29 is 0 Å². The van der Waals surface area contributed by atoms with Crippen molar-refractivity contribution in [1.29, 1.82) is 0 Å². The van der Waals surface area contributed by atoms with Gasteiger partial charge in [-0.15, -0.1) is 5.10 Å². The normalized spacial score (nSPS) is 12.3. The first kappa shape index (κ1) is 12.3. The lowest BCUT2D eigenvalue weighted by Crippen LogP contribution is -2.13. The highest BCUT2D eigenvalue weighted by molar-refractivity contribution is 5.40. The van der Waals surface area contributed by atoms with E-state index in [4.69, 9.17) is 0 Å². The van der Waals surface area contributed by atoms with Gasteiger partial charge in [0.1, 0.15) is 0 Å². The van der Waals surface area contributed by atoms with Gasteiger partial charge in [-0.25, -0.2) is 0 Å². The maximum absolute atomic E-state index is 4.13. The van der Waals surface area contributed by atoms with Crippen molar-refractivity contribution in [2.45, 2.75) is 13.0 Å². The van der Waals surface area contributed by atoms with Crippen LogP contribution in [0.25, 0.3) is 5.69 Å². The van der Waals surface area contributed by atoms with Gasteiger partial charge < -0.3 is 5.32 Å². The van der Waals surface area contributed by atoms with Crippen LogP contribution in [0.3, 0.4) is 0 Å². The zero-order valence-electron chi connectivity index (χ0n) is 11.3. The lowest BCUT2D eigenvalue weighted by Gasteiger charge is -2.13. The Morgan fingerprint density at radius 1 is 1.20 bits per heavy atom. The van der Waals surface area contributed by atoms with E-state index in [1.165, 1.54) is 0 Å². The van der Waals surface area contributed by atoms with E-state index in [0.29, 0.717) is 0 Å². The van der Waals surface area contributed by atoms with Crippen molar-refractivity contribution >= 4 is 5.69 Å². The molecule has 2 heterocycles. The highest BCUT2D eigenvalue weighted by Crippen LogP contribution is 2.18. The summed E-state index contributed by atoms with van der Waals surface area (Å²) in [6.07, 6.45) is 3.68. The first-order valence-electron chi connectivity index (χ1n) is 6.33. The van der Waals surface area contributed by atoms with Crippen molar-refractivity contribution in [2.75, 3.05) is 5.32 Å². The molecule has 0 unspecified atom stereocenters. The van der Waals surface area contributed by atoms with Crippen LogP contribution in [0.15, 0.2) is 42.7 Å². The summed E-state index contributed by atoms with van der Waals surface area (Å²) >= 11 is 0. The van der Waals surface area contributed by atoms with E-state index in [1.54, 1.807) is 15.6 Å². The van der Waals surface area contributed by atoms with Crippen LogP contribution in [0.5, 0.6) is 0 Å². The molecule has 0 aliphatic heterocycles. The third-order valence-corrected chi connectivity index (χ3v) is 2.97. The summed E-state index contributed by atoms with van der Waals surface area (Å²) in [6, 6.07) is 9.78. The average Bonchev–Trinajstić information content (AvgIpc) is 3.09. The van der Waals surface area contributed by atoms with Crippen molar-refractivity contribution in [3.8, 4) is 5.69 Å². The van der Waals surface area contributed by atoms with Crippen LogP contribution >= 0.6 is 0 Å². The van der Waals surface area contributed by atoms with Gasteiger partial charge in [0.25, 0.3) is 0 Å². The number of rotatable bonds is 4. The minimum atomic E-state index is -0.0330. The quantitative estimate of drug-likeness (QED) is 0.778. The van der Waals surface area contributed by atoms with Crippen LogP contribution in [-0.4, -0.2) is 30.0 Å². The number of aromatic nitrogens is 6. The smallest absolute Gasteiger partial charge is 0.178 e. The summed E-state index contributed by atoms with van der Waals surface area (Å²) in [4.78, 5) is 0. The molecule has 3 aromatic rings. The summed E-state index contributed by atoms with van der Waals surface area (Å²) in [5.74, 6) is 0.750. The predicted octanol–water partition coefficient (Wildman–Crippen LogP) is 1.57. The minimum absolute atomic E-state index is 0.0330. The molecule has 102 valence electrons. The Kier molecular flexibility index (Phi) is 3.16. The fourth-order valence-electron chi connectivity index (χ4n) is 2.03. The third kappa shape index (κ3) is 2.37. The van der Waals surface area contributed by atoms with Gasteiger partial charge in [-0.2, -0.15) is 9.78 Å². The first-order valence-corrected chi connectivity index (χ1v) is 6.33. The Labute approximate surface area is 116 Å². The minimum Gasteiger partial charge on any atom is -0.373 e. The van der Waals surface area contributed by atoms with E-state index in [1.807, 2.05) is 50.5 Å². The van der Waals surface area contributed by atoms with Gasteiger partial charge in [-0.1, -0.05) is 18.2 Å². The van der Waals surface area contributed by atoms with Crippen LogP contribution in [0.4, 0.5) is 5.69 Å². The molecule has 0 aliphatic rings. The van der Waals surface area contributed by atoms with Gasteiger partial charge in [0.05, 0.1) is 23.6 Å². The molecule has 7 nitrogen and oxygen atoms in total. The summed E-state index contributed by atoms with van der Waals surface area (Å²) < 4.78 is 3.48. The third-order valence-electron chi connectivity index (χ3n) is 2.97. The van der Waals surface area contributed by atoms with Gasteiger partial charge in [-0.05, 0) is 29.5 Å². The molecule has 0 amide bonds. The fraction of sp³-hybridized carbons (Fsp3) is 0.231. The Hall–Kier alpha value is -2.70. The highest BCUT2D eigenvalue weighted by Gasteiger charge is 2.15. The van der Waals surface area contributed by atoms with E-state index >= 15 is 0 Å². The van der Waals surface area contributed by atoms with Gasteiger partial charge >= 0.3 is 0 Å². The van der Waals surface area contributed by atoms with Crippen LogP contribution in [0, 0.1) is 0 Å². The molecular formula is C13H15N7. The number of tetrazole rings is 1. The lowest BCUT2D eigenvalue weighted by atomic mass is 10.2. The number of hydrogen-bond donors (Lipinski definition) is 1. The molecule has 7 heteroatoms. The first-order chi connectivity index (χ1) is 9.74. The van der Waals surface area contributed by atoms with Crippen LogP contribution in [-0.2, 0) is 7.05 Å². The number of hydrogen-bond acceptors (Lipinski definition) is 5. The average molecular weight is 269 g/mol. The van der Waals surface area contributed by atoms with Crippen molar-refractivity contribution in [1.82, 2.24) is 30.0 Å². The van der Waals surface area contributed by atoms with E-state index in [0.717, 1.165) is 17.2 Å². The topological polar surface area (TPSA) is 73.5 Å². The SMILES string of the molecule is C[C@@H](Nc1cnn(C)c1)c1nnnn1-c1ccccc1. The molecule has 0 spiro atoms. The fourth-order valence-corrected chi connectivity index (χ4v) is 2.03. The molecule has 1 N–H and O–H groups in total. The van der Waals surface area contributed by atoms with Crippen LogP contribution < -0.4 is 5.32 Å². The lowest BCUT2D eigenvalue weighted by molar-refractivity contribution is 0.718. The zero-order chi connectivity index (χ0) is 13.9. The Bertz CT molecular complexity index is 686. The zero-order valence-corrected chi connectivity index (χ0v) is 11.3. The molecule has 0 fully saturated rings. The standard InChI is InChI=1S/C13H15N7/c1-10(15-11-8-14-19(2)9-11)13-16-17-18-20(13)12-6-4-3-5-7-12/h3-10,15H,1-2H3/t10-/m1/s1. The molecule has 0 saturated heterocycles. The highest BCUT2D eigenvalue weighted by atomic mass is 15.5. The van der Waals surface area contributed by atoms with Gasteiger partial charge in [-0.3, -0.25) is 4.68 Å². The van der Waals surface area contributed by atoms with Crippen molar-refractivity contribution in [3.63, 3.8) is 0 Å². The summed E-state index contributed by atoms with van der Waals surface area (Å²) in [6.45, 7) is 2.01. The molecule has 1 atom stereocenters. The Morgan fingerprint density at radius 3 is 2.70 bits per heavy atom. The summed E-state index contributed by atoms with van der Waals surface area (Å²) in [5.41, 5.74) is 1.87. The van der Waals surface area contributed by atoms with E-state index in [-0.39, 0.29) is 6.04 Å². The largest absolute Gasteiger partial charge is 0.373 e. The Balaban J connectivity index is 1.86. The number of aryl methyl sites for hydroxylation is 1. The molecule has 0 aliphatic carbocycles. The molecular weight excluding hydrogens is 254 g/mol. The number of nitrogens with zero attached hydrogens (tertiary/aromatic N) is 6. The van der Waals surface area contributed by atoms with E-state index in [2.05, 4.69) is 25.9 Å². The maximum Gasteiger partial charge on any atom is 0.178 e. The predicted molar refractivity (Wildman–Crippen MR) is 74.4 cm³/mol. The molecule has 2 aromatic heterocycles. The van der Waals surface area contributed by atoms with Crippen molar-refractivity contribution in [3.05, 3.63) is 48.5 Å². The molecule has 0 saturated carbocycles. The van der Waals surface area contributed by atoms with Crippen LogP contribution in [0.2, 0.25) is 0 Å². The number of benzene rings is 1. The number of para-hydroxylation sites is 1. The second kappa shape index (κ2) is 5.12. The summed E-state index contributed by atoms with van der Waals surface area (Å²) in [7, 11) is 1.88. The van der Waals surface area contributed by atoms with E-state index in [9.17, 15) is 0 Å². The number of nitrogens with one attached hydrogen (secondary N) is 1. The van der Waals surface area contributed by atoms with Gasteiger partial charge in [0.15, 0.2) is 5.82 Å². The second-order valence-corrected chi connectivity index (χ2v) is 4.55. The van der Waals surface area contributed by atoms with Gasteiger partial charge in [0.2, 0.25) is 0 Å². The number of anilines is 1. The summed E-state index contributed by atoms with van der Waals surface area (Å²) in [5, 5.41) is 19.4.